The number of carboxylic acid groups (broad SMARTS) is 1. The van der Waals surface area contributed by atoms with E-state index in [9.17, 15) is 4.79 Å². The van der Waals surface area contributed by atoms with E-state index in [2.05, 4.69) is 11.6 Å². The Balaban J connectivity index is 2.43. The lowest BCUT2D eigenvalue weighted by molar-refractivity contribution is -0.138. The van der Waals surface area contributed by atoms with E-state index in [1.807, 2.05) is 23.1 Å². The highest BCUT2D eigenvalue weighted by Crippen LogP contribution is 1.98. The predicted molar refractivity (Wildman–Crippen MR) is 62.2 cm³/mol. The van der Waals surface area contributed by atoms with E-state index < -0.39 is 5.97 Å². The zero-order chi connectivity index (χ0) is 11.8. The van der Waals surface area contributed by atoms with Crippen molar-refractivity contribution >= 4 is 5.97 Å². The van der Waals surface area contributed by atoms with Crippen molar-refractivity contribution in [2.45, 2.75) is 6.42 Å². The van der Waals surface area contributed by atoms with Gasteiger partial charge in [0.25, 0.3) is 0 Å². The normalized spacial score (nSPS) is 10.3. The Hall–Kier alpha value is -1.68. The molecule has 0 unspecified atom stereocenters. The van der Waals surface area contributed by atoms with Crippen molar-refractivity contribution in [3.05, 3.63) is 42.7 Å². The number of pyridine rings is 1. The summed E-state index contributed by atoms with van der Waals surface area (Å²) in [5, 5.41) is 8.72. The average Bonchev–Trinajstić information content (AvgIpc) is 2.27. The topological polar surface area (TPSA) is 53.4 Å². The Kier molecular flexibility index (Phi) is 5.22. The standard InChI is InChI=1S/C12H16N2O2/c1-2-8-14(10-12(15)16)9-6-11-5-3-4-7-13-11/h2-5,7H,1,6,8-10H2,(H,15,16). The van der Waals surface area contributed by atoms with Gasteiger partial charge in [-0.2, -0.15) is 0 Å². The molecule has 1 aromatic rings. The van der Waals surface area contributed by atoms with Gasteiger partial charge in [0.05, 0.1) is 6.54 Å². The monoisotopic (exact) mass is 220 g/mol. The summed E-state index contributed by atoms with van der Waals surface area (Å²) in [5.74, 6) is -0.817. The van der Waals surface area contributed by atoms with Gasteiger partial charge in [0.1, 0.15) is 0 Å². The molecule has 1 heterocycles. The Morgan fingerprint density at radius 2 is 2.38 bits per heavy atom. The van der Waals surface area contributed by atoms with Crippen LogP contribution in [0.3, 0.4) is 0 Å². The summed E-state index contributed by atoms with van der Waals surface area (Å²) in [5.41, 5.74) is 0.974. The maximum Gasteiger partial charge on any atom is 0.317 e. The van der Waals surface area contributed by atoms with Crippen molar-refractivity contribution in [3.63, 3.8) is 0 Å². The molecule has 1 rings (SSSR count). The van der Waals surface area contributed by atoms with Crippen molar-refractivity contribution < 1.29 is 9.90 Å². The van der Waals surface area contributed by atoms with E-state index in [1.165, 1.54) is 0 Å². The molecule has 0 saturated heterocycles. The van der Waals surface area contributed by atoms with Crippen LogP contribution in [0.25, 0.3) is 0 Å². The minimum Gasteiger partial charge on any atom is -0.480 e. The largest absolute Gasteiger partial charge is 0.480 e. The summed E-state index contributed by atoms with van der Waals surface area (Å²) in [4.78, 5) is 16.6. The summed E-state index contributed by atoms with van der Waals surface area (Å²) in [6.07, 6.45) is 4.20. The molecule has 4 nitrogen and oxygen atoms in total. The summed E-state index contributed by atoms with van der Waals surface area (Å²) in [6.45, 7) is 4.91. The van der Waals surface area contributed by atoms with Gasteiger partial charge in [-0.25, -0.2) is 0 Å². The minimum atomic E-state index is -0.817. The zero-order valence-corrected chi connectivity index (χ0v) is 9.17. The van der Waals surface area contributed by atoms with Gasteiger partial charge in [0, 0.05) is 31.4 Å². The smallest absolute Gasteiger partial charge is 0.317 e. The first-order valence-electron chi connectivity index (χ1n) is 5.17. The fraction of sp³-hybridized carbons (Fsp3) is 0.333. The number of nitrogens with zero attached hydrogens (tertiary/aromatic N) is 2. The van der Waals surface area contributed by atoms with Crippen LogP contribution < -0.4 is 0 Å². The van der Waals surface area contributed by atoms with Gasteiger partial charge < -0.3 is 5.11 Å². The second-order valence-corrected chi connectivity index (χ2v) is 3.49. The van der Waals surface area contributed by atoms with Crippen molar-refractivity contribution in [2.24, 2.45) is 0 Å². The molecule has 0 aliphatic heterocycles. The Bertz CT molecular complexity index is 338. The highest BCUT2D eigenvalue weighted by atomic mass is 16.4. The Morgan fingerprint density at radius 1 is 1.56 bits per heavy atom. The van der Waals surface area contributed by atoms with E-state index in [4.69, 9.17) is 5.11 Å². The minimum absolute atomic E-state index is 0.0405. The highest BCUT2D eigenvalue weighted by Gasteiger charge is 2.07. The van der Waals surface area contributed by atoms with Crippen LogP contribution in [-0.2, 0) is 11.2 Å². The second-order valence-electron chi connectivity index (χ2n) is 3.49. The Morgan fingerprint density at radius 3 is 2.94 bits per heavy atom. The number of hydrogen-bond acceptors (Lipinski definition) is 3. The number of aromatic nitrogens is 1. The van der Waals surface area contributed by atoms with Crippen molar-refractivity contribution in [1.29, 1.82) is 0 Å². The van der Waals surface area contributed by atoms with Crippen molar-refractivity contribution in [1.82, 2.24) is 9.88 Å². The number of aliphatic carboxylic acids is 1. The molecular formula is C12H16N2O2. The fourth-order valence-electron chi connectivity index (χ4n) is 1.43. The average molecular weight is 220 g/mol. The lowest BCUT2D eigenvalue weighted by Crippen LogP contribution is -2.31. The molecule has 1 aromatic heterocycles. The second kappa shape index (κ2) is 6.74. The number of rotatable bonds is 7. The van der Waals surface area contributed by atoms with Crippen LogP contribution in [0.5, 0.6) is 0 Å². The van der Waals surface area contributed by atoms with Gasteiger partial charge >= 0.3 is 5.97 Å². The molecule has 0 bridgehead atoms. The molecular weight excluding hydrogens is 204 g/mol. The van der Waals surface area contributed by atoms with Gasteiger partial charge in [0.2, 0.25) is 0 Å². The first-order valence-corrected chi connectivity index (χ1v) is 5.17. The summed E-state index contributed by atoms with van der Waals surface area (Å²) in [6, 6.07) is 5.73. The third-order valence-corrected chi connectivity index (χ3v) is 2.16. The molecule has 0 aromatic carbocycles. The predicted octanol–water partition coefficient (Wildman–Crippen LogP) is 1.20. The molecule has 0 aliphatic rings. The van der Waals surface area contributed by atoms with Crippen LogP contribution in [0.2, 0.25) is 0 Å². The quantitative estimate of drug-likeness (QED) is 0.701. The fourth-order valence-corrected chi connectivity index (χ4v) is 1.43. The molecule has 0 atom stereocenters. The molecule has 0 spiro atoms. The lowest BCUT2D eigenvalue weighted by Gasteiger charge is -2.17. The molecule has 16 heavy (non-hydrogen) atoms. The SMILES string of the molecule is C=CCN(CCc1ccccn1)CC(=O)O. The van der Waals surface area contributed by atoms with E-state index in [-0.39, 0.29) is 6.54 Å². The van der Waals surface area contributed by atoms with Gasteiger partial charge in [-0.15, -0.1) is 6.58 Å². The zero-order valence-electron chi connectivity index (χ0n) is 9.17. The van der Waals surface area contributed by atoms with Crippen LogP contribution in [-0.4, -0.2) is 40.6 Å². The Labute approximate surface area is 95.2 Å². The summed E-state index contributed by atoms with van der Waals surface area (Å²) < 4.78 is 0. The highest BCUT2D eigenvalue weighted by molar-refractivity contribution is 5.69. The molecule has 0 radical (unpaired) electrons. The first kappa shape index (κ1) is 12.4. The lowest BCUT2D eigenvalue weighted by atomic mass is 10.2. The van der Waals surface area contributed by atoms with E-state index in [1.54, 1.807) is 12.3 Å². The third kappa shape index (κ3) is 4.70. The van der Waals surface area contributed by atoms with E-state index >= 15 is 0 Å². The van der Waals surface area contributed by atoms with E-state index in [0.717, 1.165) is 12.1 Å². The number of hydrogen-bond donors (Lipinski definition) is 1. The molecule has 0 saturated carbocycles. The van der Waals surface area contributed by atoms with E-state index in [0.29, 0.717) is 13.1 Å². The van der Waals surface area contributed by atoms with Crippen LogP contribution >= 0.6 is 0 Å². The van der Waals surface area contributed by atoms with Gasteiger partial charge in [-0.3, -0.25) is 14.7 Å². The number of carboxylic acids is 1. The molecule has 86 valence electrons. The van der Waals surface area contributed by atoms with Crippen LogP contribution in [0.1, 0.15) is 5.69 Å². The van der Waals surface area contributed by atoms with Crippen molar-refractivity contribution in [3.8, 4) is 0 Å². The van der Waals surface area contributed by atoms with Crippen molar-refractivity contribution in [2.75, 3.05) is 19.6 Å². The summed E-state index contributed by atoms with van der Waals surface area (Å²) in [7, 11) is 0. The summed E-state index contributed by atoms with van der Waals surface area (Å²) >= 11 is 0. The van der Waals surface area contributed by atoms with Crippen LogP contribution in [0, 0.1) is 0 Å². The number of carbonyl (C=O) groups is 1. The maximum atomic E-state index is 10.6. The molecule has 0 aliphatic carbocycles. The van der Waals surface area contributed by atoms with Gasteiger partial charge in [0.15, 0.2) is 0 Å². The first-order chi connectivity index (χ1) is 7.72. The van der Waals surface area contributed by atoms with Gasteiger partial charge in [-0.05, 0) is 12.1 Å². The van der Waals surface area contributed by atoms with Crippen LogP contribution in [0.4, 0.5) is 0 Å². The molecule has 0 fully saturated rings. The molecule has 1 N–H and O–H groups in total. The maximum absolute atomic E-state index is 10.6. The third-order valence-electron chi connectivity index (χ3n) is 2.16. The van der Waals surface area contributed by atoms with Gasteiger partial charge in [-0.1, -0.05) is 12.1 Å². The molecule has 0 amide bonds. The van der Waals surface area contributed by atoms with Crippen LogP contribution in [0.15, 0.2) is 37.1 Å². The molecule has 4 heteroatoms.